The highest BCUT2D eigenvalue weighted by atomic mass is 15.3. The van der Waals surface area contributed by atoms with Crippen LogP contribution in [0.25, 0.3) is 0 Å². The summed E-state index contributed by atoms with van der Waals surface area (Å²) in [5, 5.41) is 18.9. The molecule has 0 saturated carbocycles. The van der Waals surface area contributed by atoms with Crippen molar-refractivity contribution in [3.8, 4) is 12.1 Å². The first kappa shape index (κ1) is 25.8. The summed E-state index contributed by atoms with van der Waals surface area (Å²) in [5.74, 6) is 0. The first-order chi connectivity index (χ1) is 18.6. The molecule has 2 aliphatic heterocycles. The molecule has 6 nitrogen and oxygen atoms in total. The Kier molecular flexibility index (Phi) is 7.94. The molecule has 2 saturated heterocycles. The maximum absolute atomic E-state index is 9.47. The van der Waals surface area contributed by atoms with E-state index in [0.29, 0.717) is 0 Å². The molecule has 5 rings (SSSR count). The zero-order chi connectivity index (χ0) is 26.5. The second-order valence-electron chi connectivity index (χ2n) is 10.5. The van der Waals surface area contributed by atoms with Crippen molar-refractivity contribution in [2.24, 2.45) is 0 Å². The third-order valence-corrected chi connectivity index (χ3v) is 8.06. The van der Waals surface area contributed by atoms with Crippen LogP contribution in [-0.4, -0.2) is 62.2 Å². The van der Waals surface area contributed by atoms with E-state index < -0.39 is 0 Å². The third kappa shape index (κ3) is 5.68. The summed E-state index contributed by atoms with van der Waals surface area (Å²) in [6.07, 6.45) is 0. The number of hydrogen-bond donors (Lipinski definition) is 0. The van der Waals surface area contributed by atoms with E-state index in [1.165, 1.54) is 22.3 Å². The Morgan fingerprint density at radius 2 is 0.974 bits per heavy atom. The van der Waals surface area contributed by atoms with Crippen LogP contribution in [0.5, 0.6) is 0 Å². The molecular weight excluding hydrogens is 468 g/mol. The van der Waals surface area contributed by atoms with Crippen molar-refractivity contribution in [2.75, 3.05) is 62.2 Å². The number of piperazine rings is 2. The number of hydrogen-bond acceptors (Lipinski definition) is 6. The van der Waals surface area contributed by atoms with Gasteiger partial charge in [-0.2, -0.15) is 10.5 Å². The van der Waals surface area contributed by atoms with Gasteiger partial charge in [0.15, 0.2) is 0 Å². The monoisotopic (exact) mass is 504 g/mol. The van der Waals surface area contributed by atoms with E-state index in [1.807, 2.05) is 36.4 Å². The summed E-state index contributed by atoms with van der Waals surface area (Å²) in [4.78, 5) is 9.77. The zero-order valence-corrected chi connectivity index (χ0v) is 22.5. The molecule has 6 heteroatoms. The number of para-hydroxylation sites is 2. The van der Waals surface area contributed by atoms with Crippen molar-refractivity contribution in [2.45, 2.75) is 26.9 Å². The van der Waals surface area contributed by atoms with Crippen LogP contribution in [-0.2, 0) is 13.1 Å². The van der Waals surface area contributed by atoms with Crippen LogP contribution in [0.4, 0.5) is 11.4 Å². The number of aryl methyl sites for hydroxylation is 2. The van der Waals surface area contributed by atoms with E-state index in [1.54, 1.807) is 0 Å². The van der Waals surface area contributed by atoms with Gasteiger partial charge in [0.1, 0.15) is 12.1 Å². The van der Waals surface area contributed by atoms with Crippen LogP contribution in [0.1, 0.15) is 33.4 Å². The standard InChI is InChI=1S/C32H36N6/c1-25-19-26(2)30(24-36-13-17-38(18-14-36)32-10-6-4-8-28(32)22-34)20-29(25)23-35-11-15-37(16-12-35)31-9-5-3-7-27(31)21-33/h3-10,19-20H,11-18,23-24H2,1-2H3. The van der Waals surface area contributed by atoms with E-state index in [2.05, 4.69) is 69.9 Å². The minimum atomic E-state index is 0.759. The van der Waals surface area contributed by atoms with E-state index >= 15 is 0 Å². The van der Waals surface area contributed by atoms with Crippen LogP contribution in [0, 0.1) is 36.5 Å². The van der Waals surface area contributed by atoms with Gasteiger partial charge >= 0.3 is 0 Å². The first-order valence-corrected chi connectivity index (χ1v) is 13.6. The van der Waals surface area contributed by atoms with Gasteiger partial charge in [-0.15, -0.1) is 0 Å². The number of nitrogens with zero attached hydrogens (tertiary/aromatic N) is 6. The van der Waals surface area contributed by atoms with Crippen LogP contribution in [0.2, 0.25) is 0 Å². The molecule has 2 fully saturated rings. The molecule has 0 N–H and O–H groups in total. The van der Waals surface area contributed by atoms with Gasteiger partial charge in [-0.1, -0.05) is 36.4 Å². The van der Waals surface area contributed by atoms with Crippen LogP contribution >= 0.6 is 0 Å². The van der Waals surface area contributed by atoms with Crippen molar-refractivity contribution < 1.29 is 0 Å². The average molecular weight is 505 g/mol. The highest BCUT2D eigenvalue weighted by Gasteiger charge is 2.22. The highest BCUT2D eigenvalue weighted by molar-refractivity contribution is 5.60. The highest BCUT2D eigenvalue weighted by Crippen LogP contribution is 2.25. The molecule has 0 radical (unpaired) electrons. The second kappa shape index (κ2) is 11.7. The van der Waals surface area contributed by atoms with E-state index in [-0.39, 0.29) is 0 Å². The first-order valence-electron chi connectivity index (χ1n) is 13.6. The summed E-state index contributed by atoms with van der Waals surface area (Å²) in [6.45, 7) is 14.1. The smallest absolute Gasteiger partial charge is 0.101 e. The Labute approximate surface area is 226 Å². The van der Waals surface area contributed by atoms with Gasteiger partial charge in [-0.25, -0.2) is 0 Å². The van der Waals surface area contributed by atoms with Gasteiger partial charge in [0.2, 0.25) is 0 Å². The van der Waals surface area contributed by atoms with Crippen LogP contribution in [0.15, 0.2) is 60.7 Å². The quantitative estimate of drug-likeness (QED) is 0.485. The number of anilines is 2. The molecule has 2 aliphatic rings. The molecule has 0 spiro atoms. The zero-order valence-electron chi connectivity index (χ0n) is 22.5. The van der Waals surface area contributed by atoms with Gasteiger partial charge in [-0.3, -0.25) is 9.80 Å². The van der Waals surface area contributed by atoms with Crippen LogP contribution in [0.3, 0.4) is 0 Å². The van der Waals surface area contributed by atoms with Crippen molar-refractivity contribution in [3.63, 3.8) is 0 Å². The largest absolute Gasteiger partial charge is 0.368 e. The number of nitriles is 2. The minimum absolute atomic E-state index is 0.759. The lowest BCUT2D eigenvalue weighted by Crippen LogP contribution is -2.46. The lowest BCUT2D eigenvalue weighted by Gasteiger charge is -2.37. The van der Waals surface area contributed by atoms with Gasteiger partial charge in [-0.05, 0) is 60.4 Å². The van der Waals surface area contributed by atoms with Gasteiger partial charge in [0.25, 0.3) is 0 Å². The van der Waals surface area contributed by atoms with Crippen molar-refractivity contribution in [1.29, 1.82) is 10.5 Å². The summed E-state index contributed by atoms with van der Waals surface area (Å²) >= 11 is 0. The number of benzene rings is 3. The van der Waals surface area contributed by atoms with E-state index in [9.17, 15) is 10.5 Å². The lowest BCUT2D eigenvalue weighted by atomic mass is 9.98. The van der Waals surface area contributed by atoms with Crippen molar-refractivity contribution in [1.82, 2.24) is 9.80 Å². The summed E-state index contributed by atoms with van der Waals surface area (Å²) < 4.78 is 0. The predicted molar refractivity (Wildman–Crippen MR) is 153 cm³/mol. The maximum atomic E-state index is 9.47. The fourth-order valence-electron chi connectivity index (χ4n) is 5.75. The Hall–Kier alpha value is -3.84. The Bertz CT molecular complexity index is 1250. The van der Waals surface area contributed by atoms with Crippen molar-refractivity contribution >= 4 is 11.4 Å². The number of rotatable bonds is 6. The molecule has 194 valence electrons. The molecule has 0 aromatic heterocycles. The Balaban J connectivity index is 1.19. The molecule has 3 aromatic carbocycles. The van der Waals surface area contributed by atoms with Crippen molar-refractivity contribution in [3.05, 3.63) is 94.0 Å². The molecule has 3 aromatic rings. The molecule has 38 heavy (non-hydrogen) atoms. The topological polar surface area (TPSA) is 60.5 Å². The van der Waals surface area contributed by atoms with Gasteiger partial charge in [0, 0.05) is 65.4 Å². The Morgan fingerprint density at radius 3 is 1.37 bits per heavy atom. The SMILES string of the molecule is Cc1cc(C)c(CN2CCN(c3ccccc3C#N)CC2)cc1CN1CCN(c2ccccc2C#N)CC1. The Morgan fingerprint density at radius 1 is 0.579 bits per heavy atom. The molecule has 0 bridgehead atoms. The molecule has 0 amide bonds. The van der Waals surface area contributed by atoms with Crippen LogP contribution < -0.4 is 9.80 Å². The summed E-state index contributed by atoms with van der Waals surface area (Å²) in [6, 6.07) is 25.3. The normalized spacial score (nSPS) is 16.7. The van der Waals surface area contributed by atoms with Gasteiger partial charge < -0.3 is 9.80 Å². The molecular formula is C32H36N6. The van der Waals surface area contributed by atoms with Gasteiger partial charge in [0.05, 0.1) is 22.5 Å². The minimum Gasteiger partial charge on any atom is -0.368 e. The summed E-state index contributed by atoms with van der Waals surface area (Å²) in [7, 11) is 0. The second-order valence-corrected chi connectivity index (χ2v) is 10.5. The fraction of sp³-hybridized carbons (Fsp3) is 0.375. The molecule has 0 atom stereocenters. The van der Waals surface area contributed by atoms with E-state index in [4.69, 9.17) is 0 Å². The maximum Gasteiger partial charge on any atom is 0.101 e. The molecule has 2 heterocycles. The lowest BCUT2D eigenvalue weighted by molar-refractivity contribution is 0.245. The average Bonchev–Trinajstić information content (AvgIpc) is 2.96. The summed E-state index contributed by atoms with van der Waals surface area (Å²) in [5.41, 5.74) is 9.18. The molecule has 0 aliphatic carbocycles. The fourth-order valence-corrected chi connectivity index (χ4v) is 5.75. The predicted octanol–water partition coefficient (Wildman–Crippen LogP) is 4.69. The van der Waals surface area contributed by atoms with E-state index in [0.717, 1.165) is 87.9 Å². The molecule has 0 unspecified atom stereocenters. The third-order valence-electron chi connectivity index (χ3n) is 8.06.